The van der Waals surface area contributed by atoms with Crippen molar-refractivity contribution in [2.75, 3.05) is 26.2 Å². The van der Waals surface area contributed by atoms with Crippen molar-refractivity contribution in [3.05, 3.63) is 0 Å². The van der Waals surface area contributed by atoms with Gasteiger partial charge in [-0.05, 0) is 63.6 Å². The number of hydrogen-bond acceptors (Lipinski definition) is 2. The summed E-state index contributed by atoms with van der Waals surface area (Å²) in [6.45, 7) is 9.86. The minimum atomic E-state index is 0. The highest BCUT2D eigenvalue weighted by atomic mass is 35.5. The quantitative estimate of drug-likeness (QED) is 0.790. The molecule has 1 aliphatic carbocycles. The molecule has 1 saturated carbocycles. The Hall–Kier alpha value is 0.210. The summed E-state index contributed by atoms with van der Waals surface area (Å²) in [7, 11) is 0. The molecule has 2 rings (SSSR count). The zero-order valence-corrected chi connectivity index (χ0v) is 12.3. The summed E-state index contributed by atoms with van der Waals surface area (Å²) in [6.07, 6.45) is 7.16. The van der Waals surface area contributed by atoms with Gasteiger partial charge in [-0.25, -0.2) is 0 Å². The van der Waals surface area contributed by atoms with Crippen molar-refractivity contribution < 1.29 is 0 Å². The van der Waals surface area contributed by atoms with E-state index in [0.717, 1.165) is 17.9 Å². The molecular weight excluding hydrogens is 232 g/mol. The summed E-state index contributed by atoms with van der Waals surface area (Å²) in [6, 6.07) is 0.948. The molecule has 0 atom stereocenters. The molecule has 1 saturated heterocycles. The predicted molar refractivity (Wildman–Crippen MR) is 76.9 cm³/mol. The molecule has 1 aliphatic heterocycles. The Morgan fingerprint density at radius 1 is 1.12 bits per heavy atom. The lowest BCUT2D eigenvalue weighted by Gasteiger charge is -2.28. The maximum absolute atomic E-state index is 3.46. The second-order valence-electron chi connectivity index (χ2n) is 6.10. The van der Waals surface area contributed by atoms with Gasteiger partial charge in [-0.2, -0.15) is 0 Å². The molecular formula is C14H29ClN2. The molecule has 0 amide bonds. The lowest BCUT2D eigenvalue weighted by atomic mass is 9.94. The van der Waals surface area contributed by atoms with Crippen LogP contribution in [0.1, 0.15) is 46.0 Å². The van der Waals surface area contributed by atoms with Gasteiger partial charge in [-0.3, -0.25) is 0 Å². The van der Waals surface area contributed by atoms with Crippen LogP contribution in [0.25, 0.3) is 0 Å². The van der Waals surface area contributed by atoms with Crippen molar-refractivity contribution in [3.63, 3.8) is 0 Å². The van der Waals surface area contributed by atoms with Crippen LogP contribution in [0.3, 0.4) is 0 Å². The first-order chi connectivity index (χ1) is 7.75. The van der Waals surface area contributed by atoms with Crippen LogP contribution in [-0.4, -0.2) is 37.1 Å². The molecule has 17 heavy (non-hydrogen) atoms. The first kappa shape index (κ1) is 15.3. The monoisotopic (exact) mass is 260 g/mol. The summed E-state index contributed by atoms with van der Waals surface area (Å²) in [5.74, 6) is 1.82. The van der Waals surface area contributed by atoms with E-state index < -0.39 is 0 Å². The molecule has 102 valence electrons. The van der Waals surface area contributed by atoms with Crippen molar-refractivity contribution in [2.45, 2.75) is 52.0 Å². The van der Waals surface area contributed by atoms with Crippen LogP contribution >= 0.6 is 12.4 Å². The van der Waals surface area contributed by atoms with Gasteiger partial charge in [0.05, 0.1) is 0 Å². The Kier molecular flexibility index (Phi) is 6.83. The molecule has 0 spiro atoms. The van der Waals surface area contributed by atoms with Crippen LogP contribution in [0.4, 0.5) is 0 Å². The van der Waals surface area contributed by atoms with Crippen molar-refractivity contribution in [1.29, 1.82) is 0 Å². The third kappa shape index (κ3) is 5.58. The topological polar surface area (TPSA) is 15.3 Å². The van der Waals surface area contributed by atoms with Gasteiger partial charge in [0.2, 0.25) is 0 Å². The lowest BCUT2D eigenvalue weighted by molar-refractivity contribution is 0.206. The van der Waals surface area contributed by atoms with Gasteiger partial charge in [-0.1, -0.05) is 13.8 Å². The fraction of sp³-hybridized carbons (Fsp3) is 1.00. The second-order valence-corrected chi connectivity index (χ2v) is 6.10. The lowest BCUT2D eigenvalue weighted by Crippen LogP contribution is -2.34. The van der Waals surface area contributed by atoms with E-state index in [2.05, 4.69) is 24.1 Å². The van der Waals surface area contributed by atoms with E-state index in [1.807, 2.05) is 0 Å². The first-order valence-corrected chi connectivity index (χ1v) is 7.20. The Morgan fingerprint density at radius 3 is 2.29 bits per heavy atom. The fourth-order valence-corrected chi connectivity index (χ4v) is 2.85. The molecule has 3 heteroatoms. The Morgan fingerprint density at radius 2 is 1.76 bits per heavy atom. The SMILES string of the molecule is CC(C)CN(CCC1CCNCC1)C1CC1.Cl. The van der Waals surface area contributed by atoms with Gasteiger partial charge >= 0.3 is 0 Å². The Balaban J connectivity index is 0.00000144. The third-order valence-corrected chi connectivity index (χ3v) is 3.95. The van der Waals surface area contributed by atoms with Crippen LogP contribution in [0.15, 0.2) is 0 Å². The zero-order chi connectivity index (χ0) is 11.4. The van der Waals surface area contributed by atoms with E-state index in [1.165, 1.54) is 58.3 Å². The zero-order valence-electron chi connectivity index (χ0n) is 11.5. The second kappa shape index (κ2) is 7.60. The van der Waals surface area contributed by atoms with E-state index in [4.69, 9.17) is 0 Å². The number of piperidine rings is 1. The number of nitrogens with one attached hydrogen (secondary N) is 1. The van der Waals surface area contributed by atoms with E-state index in [1.54, 1.807) is 0 Å². The summed E-state index contributed by atoms with van der Waals surface area (Å²) < 4.78 is 0. The molecule has 0 aromatic carbocycles. The molecule has 0 radical (unpaired) electrons. The molecule has 0 unspecified atom stereocenters. The van der Waals surface area contributed by atoms with Crippen molar-refractivity contribution in [3.8, 4) is 0 Å². The molecule has 0 aromatic heterocycles. The van der Waals surface area contributed by atoms with Crippen molar-refractivity contribution in [1.82, 2.24) is 10.2 Å². The van der Waals surface area contributed by atoms with Crippen LogP contribution in [0, 0.1) is 11.8 Å². The number of rotatable bonds is 6. The molecule has 0 aromatic rings. The summed E-state index contributed by atoms with van der Waals surface area (Å²) in [4.78, 5) is 2.76. The molecule has 1 heterocycles. The maximum Gasteiger partial charge on any atom is 0.00965 e. The minimum Gasteiger partial charge on any atom is -0.317 e. The third-order valence-electron chi connectivity index (χ3n) is 3.95. The highest BCUT2D eigenvalue weighted by molar-refractivity contribution is 5.85. The van der Waals surface area contributed by atoms with Gasteiger partial charge in [0.1, 0.15) is 0 Å². The highest BCUT2D eigenvalue weighted by Crippen LogP contribution is 2.28. The van der Waals surface area contributed by atoms with Crippen LogP contribution in [-0.2, 0) is 0 Å². The van der Waals surface area contributed by atoms with Gasteiger partial charge in [0, 0.05) is 12.6 Å². The smallest absolute Gasteiger partial charge is 0.00965 e. The van der Waals surface area contributed by atoms with Crippen LogP contribution < -0.4 is 5.32 Å². The van der Waals surface area contributed by atoms with E-state index >= 15 is 0 Å². The number of halogens is 1. The fourth-order valence-electron chi connectivity index (χ4n) is 2.85. The Labute approximate surface area is 113 Å². The normalized spacial score (nSPS) is 21.9. The van der Waals surface area contributed by atoms with E-state index in [-0.39, 0.29) is 12.4 Å². The maximum atomic E-state index is 3.46. The predicted octanol–water partition coefficient (Wildman–Crippen LogP) is 2.92. The molecule has 2 nitrogen and oxygen atoms in total. The minimum absolute atomic E-state index is 0. The van der Waals surface area contributed by atoms with Crippen molar-refractivity contribution in [2.24, 2.45) is 11.8 Å². The average Bonchev–Trinajstić information content (AvgIpc) is 3.09. The summed E-state index contributed by atoms with van der Waals surface area (Å²) >= 11 is 0. The standard InChI is InChI=1S/C14H28N2.ClH/c1-12(2)11-16(14-3-4-14)10-7-13-5-8-15-9-6-13;/h12-15H,3-11H2,1-2H3;1H. The summed E-state index contributed by atoms with van der Waals surface area (Å²) in [5.41, 5.74) is 0. The first-order valence-electron chi connectivity index (χ1n) is 7.20. The average molecular weight is 261 g/mol. The van der Waals surface area contributed by atoms with Gasteiger partial charge < -0.3 is 10.2 Å². The van der Waals surface area contributed by atoms with Gasteiger partial charge in [0.15, 0.2) is 0 Å². The molecule has 2 fully saturated rings. The van der Waals surface area contributed by atoms with Crippen LogP contribution in [0.2, 0.25) is 0 Å². The molecule has 0 bridgehead atoms. The Bertz CT molecular complexity index is 198. The van der Waals surface area contributed by atoms with Crippen molar-refractivity contribution >= 4 is 12.4 Å². The number of nitrogens with zero attached hydrogens (tertiary/aromatic N) is 1. The van der Waals surface area contributed by atoms with E-state index in [9.17, 15) is 0 Å². The number of hydrogen-bond donors (Lipinski definition) is 1. The molecule has 2 aliphatic rings. The van der Waals surface area contributed by atoms with Gasteiger partial charge in [-0.15, -0.1) is 12.4 Å². The molecule has 1 N–H and O–H groups in total. The van der Waals surface area contributed by atoms with Crippen LogP contribution in [0.5, 0.6) is 0 Å². The van der Waals surface area contributed by atoms with E-state index in [0.29, 0.717) is 0 Å². The largest absolute Gasteiger partial charge is 0.317 e. The summed E-state index contributed by atoms with van der Waals surface area (Å²) in [5, 5.41) is 3.46. The highest BCUT2D eigenvalue weighted by Gasteiger charge is 2.29. The van der Waals surface area contributed by atoms with Gasteiger partial charge in [0.25, 0.3) is 0 Å².